The van der Waals surface area contributed by atoms with Gasteiger partial charge in [-0.25, -0.2) is 17.6 Å². The zero-order valence-corrected chi connectivity index (χ0v) is 15.4. The summed E-state index contributed by atoms with van der Waals surface area (Å²) in [6.07, 6.45) is -0.157. The van der Waals surface area contributed by atoms with Crippen LogP contribution >= 0.6 is 11.6 Å². The molecule has 0 saturated heterocycles. The highest BCUT2D eigenvalue weighted by atomic mass is 35.5. The van der Waals surface area contributed by atoms with Crippen LogP contribution in [0.15, 0.2) is 42.5 Å². The van der Waals surface area contributed by atoms with Crippen LogP contribution in [-0.4, -0.2) is 32.5 Å². The molecule has 1 N–H and O–H groups in total. The van der Waals surface area contributed by atoms with E-state index in [0.29, 0.717) is 0 Å². The van der Waals surface area contributed by atoms with Crippen molar-refractivity contribution in [3.63, 3.8) is 0 Å². The Morgan fingerprint density at radius 1 is 1.15 bits per heavy atom. The summed E-state index contributed by atoms with van der Waals surface area (Å²) in [6, 6.07) is 9.07. The van der Waals surface area contributed by atoms with E-state index in [2.05, 4.69) is 4.72 Å². The number of carbonyl (C=O) groups excluding carboxylic acids is 2. The monoisotopic (exact) mass is 399 g/mol. The highest BCUT2D eigenvalue weighted by molar-refractivity contribution is 7.92. The summed E-state index contributed by atoms with van der Waals surface area (Å²) in [7, 11) is -3.43. The fourth-order valence-corrected chi connectivity index (χ4v) is 2.81. The Kier molecular flexibility index (Phi) is 5.99. The minimum absolute atomic E-state index is 0.131. The lowest BCUT2D eigenvalue weighted by Gasteiger charge is -2.13. The Hall–Kier alpha value is -2.45. The van der Waals surface area contributed by atoms with Crippen LogP contribution in [0.4, 0.5) is 10.1 Å². The number of anilines is 1. The van der Waals surface area contributed by atoms with E-state index in [0.717, 1.165) is 12.3 Å². The van der Waals surface area contributed by atoms with Gasteiger partial charge in [0.05, 0.1) is 11.8 Å². The van der Waals surface area contributed by atoms with Crippen molar-refractivity contribution >= 4 is 39.1 Å². The highest BCUT2D eigenvalue weighted by Crippen LogP contribution is 2.18. The van der Waals surface area contributed by atoms with Crippen LogP contribution in [-0.2, 0) is 14.8 Å². The largest absolute Gasteiger partial charge is 0.451 e. The van der Waals surface area contributed by atoms with Gasteiger partial charge in [0.25, 0.3) is 0 Å². The van der Waals surface area contributed by atoms with Gasteiger partial charge >= 0.3 is 5.97 Å². The number of hydrogen-bond donors (Lipinski definition) is 1. The number of sulfonamides is 1. The van der Waals surface area contributed by atoms with Crippen LogP contribution in [0.1, 0.15) is 27.6 Å². The first-order valence-corrected chi connectivity index (χ1v) is 9.62. The molecule has 0 aromatic heterocycles. The lowest BCUT2D eigenvalue weighted by atomic mass is 10.1. The molecule has 0 saturated carbocycles. The van der Waals surface area contributed by atoms with E-state index in [1.807, 2.05) is 0 Å². The van der Waals surface area contributed by atoms with Crippen molar-refractivity contribution in [3.8, 4) is 0 Å². The van der Waals surface area contributed by atoms with Gasteiger partial charge in [-0.2, -0.15) is 0 Å². The Balaban J connectivity index is 2.08. The maximum Gasteiger partial charge on any atom is 0.341 e. The van der Waals surface area contributed by atoms with Crippen molar-refractivity contribution in [2.45, 2.75) is 13.0 Å². The molecule has 6 nitrogen and oxygen atoms in total. The molecule has 2 rings (SSSR count). The van der Waals surface area contributed by atoms with Gasteiger partial charge in [-0.3, -0.25) is 9.52 Å². The molecule has 0 aliphatic carbocycles. The maximum absolute atomic E-state index is 13.7. The zero-order valence-electron chi connectivity index (χ0n) is 13.8. The summed E-state index contributed by atoms with van der Waals surface area (Å²) in [5.41, 5.74) is 0.166. The van der Waals surface area contributed by atoms with E-state index in [4.69, 9.17) is 16.3 Å². The average Bonchev–Trinajstić information content (AvgIpc) is 2.53. The Morgan fingerprint density at radius 2 is 1.77 bits per heavy atom. The molecule has 138 valence electrons. The normalized spacial score (nSPS) is 12.3. The molecule has 2 aromatic carbocycles. The first-order chi connectivity index (χ1) is 12.1. The van der Waals surface area contributed by atoms with Gasteiger partial charge in [0, 0.05) is 16.3 Å². The van der Waals surface area contributed by atoms with Crippen LogP contribution in [0.2, 0.25) is 5.02 Å². The first kappa shape index (κ1) is 19.9. The van der Waals surface area contributed by atoms with Crippen LogP contribution < -0.4 is 4.72 Å². The molecule has 0 heterocycles. The molecule has 0 radical (unpaired) electrons. The molecule has 0 aliphatic rings. The summed E-state index contributed by atoms with van der Waals surface area (Å²) in [5, 5.41) is 0.131. The minimum atomic E-state index is -3.43. The van der Waals surface area contributed by atoms with Crippen molar-refractivity contribution in [1.82, 2.24) is 0 Å². The molecule has 1 unspecified atom stereocenters. The fourth-order valence-electron chi connectivity index (χ4n) is 2.08. The molecule has 2 aromatic rings. The third-order valence-electron chi connectivity index (χ3n) is 3.28. The number of benzene rings is 2. The lowest BCUT2D eigenvalue weighted by Crippen LogP contribution is -2.25. The number of halogens is 2. The molecule has 0 bridgehead atoms. The summed E-state index contributed by atoms with van der Waals surface area (Å²) in [6.45, 7) is 1.36. The molecule has 0 amide bonds. The molecule has 0 spiro atoms. The number of Topliss-reactive ketones (excluding diaryl/α,β-unsaturated/α-hetero) is 1. The molecule has 9 heteroatoms. The Labute approximate surface area is 155 Å². The van der Waals surface area contributed by atoms with Gasteiger partial charge in [0.1, 0.15) is 5.82 Å². The van der Waals surface area contributed by atoms with E-state index in [9.17, 15) is 22.4 Å². The molecule has 26 heavy (non-hydrogen) atoms. The van der Waals surface area contributed by atoms with Crippen LogP contribution in [0.5, 0.6) is 0 Å². The van der Waals surface area contributed by atoms with Crippen LogP contribution in [0, 0.1) is 5.82 Å². The second-order valence-corrected chi connectivity index (χ2v) is 7.67. The van der Waals surface area contributed by atoms with Crippen molar-refractivity contribution in [2.75, 3.05) is 11.0 Å². The summed E-state index contributed by atoms with van der Waals surface area (Å²) in [5.74, 6) is -2.35. The van der Waals surface area contributed by atoms with Gasteiger partial charge in [-0.1, -0.05) is 11.6 Å². The summed E-state index contributed by atoms with van der Waals surface area (Å²) >= 11 is 5.62. The molecule has 0 fully saturated rings. The number of ketones is 1. The third-order valence-corrected chi connectivity index (χ3v) is 4.12. The van der Waals surface area contributed by atoms with Gasteiger partial charge in [-0.05, 0) is 49.4 Å². The number of nitrogens with one attached hydrogen (secondary N) is 1. The lowest BCUT2D eigenvalue weighted by molar-refractivity contribution is 0.0314. The second kappa shape index (κ2) is 7.84. The van der Waals surface area contributed by atoms with E-state index in [1.165, 1.54) is 43.3 Å². The van der Waals surface area contributed by atoms with Crippen molar-refractivity contribution in [2.24, 2.45) is 0 Å². The minimum Gasteiger partial charge on any atom is -0.451 e. The highest BCUT2D eigenvalue weighted by Gasteiger charge is 2.22. The summed E-state index contributed by atoms with van der Waals surface area (Å²) < 4.78 is 43.3. The quantitative estimate of drug-likeness (QED) is 0.594. The van der Waals surface area contributed by atoms with E-state index < -0.39 is 33.7 Å². The van der Waals surface area contributed by atoms with Crippen molar-refractivity contribution in [3.05, 3.63) is 64.4 Å². The predicted octanol–water partition coefficient (Wildman–Crippen LogP) is 3.28. The standard InChI is InChI=1S/C17H15ClFNO5S/c1-10(25-17(22)14-8-5-12(18)9-15(14)19)16(21)11-3-6-13(7-4-11)20-26(2,23)24/h3-10,20H,1-2H3. The van der Waals surface area contributed by atoms with E-state index >= 15 is 0 Å². The molecular weight excluding hydrogens is 385 g/mol. The van der Waals surface area contributed by atoms with Gasteiger partial charge < -0.3 is 4.74 Å². The molecule has 1 atom stereocenters. The number of hydrogen-bond acceptors (Lipinski definition) is 5. The number of ether oxygens (including phenoxy) is 1. The zero-order chi connectivity index (χ0) is 19.5. The molecular formula is C17H15ClFNO5S. The van der Waals surface area contributed by atoms with Gasteiger partial charge in [0.15, 0.2) is 6.10 Å². The van der Waals surface area contributed by atoms with E-state index in [-0.39, 0.29) is 21.8 Å². The van der Waals surface area contributed by atoms with Crippen LogP contribution in [0.25, 0.3) is 0 Å². The van der Waals surface area contributed by atoms with Crippen molar-refractivity contribution < 1.29 is 27.1 Å². The average molecular weight is 400 g/mol. The Morgan fingerprint density at radius 3 is 2.31 bits per heavy atom. The molecule has 0 aliphatic heterocycles. The number of rotatable bonds is 6. The van der Waals surface area contributed by atoms with Gasteiger partial charge in [0.2, 0.25) is 15.8 Å². The fraction of sp³-hybridized carbons (Fsp3) is 0.176. The smallest absolute Gasteiger partial charge is 0.341 e. The Bertz CT molecular complexity index is 944. The topological polar surface area (TPSA) is 89.5 Å². The van der Waals surface area contributed by atoms with E-state index in [1.54, 1.807) is 0 Å². The first-order valence-electron chi connectivity index (χ1n) is 7.35. The number of carbonyl (C=O) groups is 2. The third kappa shape index (κ3) is 5.27. The van der Waals surface area contributed by atoms with Crippen LogP contribution in [0.3, 0.4) is 0 Å². The SMILES string of the molecule is CC(OC(=O)c1ccc(Cl)cc1F)C(=O)c1ccc(NS(C)(=O)=O)cc1. The number of esters is 1. The predicted molar refractivity (Wildman–Crippen MR) is 95.5 cm³/mol. The second-order valence-electron chi connectivity index (χ2n) is 5.49. The summed E-state index contributed by atoms with van der Waals surface area (Å²) in [4.78, 5) is 24.3. The van der Waals surface area contributed by atoms with Crippen molar-refractivity contribution in [1.29, 1.82) is 0 Å². The van der Waals surface area contributed by atoms with Gasteiger partial charge in [-0.15, -0.1) is 0 Å². The maximum atomic E-state index is 13.7.